The molecule has 0 rings (SSSR count). The highest BCUT2D eigenvalue weighted by Gasteiger charge is 1.96. The molecule has 78 valence electrons. The number of amides is 1. The minimum atomic E-state index is -0.117. The molecule has 0 saturated carbocycles. The van der Waals surface area contributed by atoms with Crippen LogP contribution >= 0.6 is 22.9 Å². The zero-order chi connectivity index (χ0) is 9.94. The number of halogens is 1. The van der Waals surface area contributed by atoms with Crippen molar-refractivity contribution in [1.82, 2.24) is 3.53 Å². The number of nitrogens with one attached hydrogen (secondary N) is 1. The average molecular weight is 301 g/mol. The molecule has 0 heterocycles. The summed E-state index contributed by atoms with van der Waals surface area (Å²) in [6, 6.07) is 0. The molecular weight excluding hydrogens is 285 g/mol. The second-order valence-electron chi connectivity index (χ2n) is 2.54. The van der Waals surface area contributed by atoms with E-state index in [9.17, 15) is 4.79 Å². The number of rotatable bonds is 8. The first kappa shape index (κ1) is 13.1. The Labute approximate surface area is 92.9 Å². The molecule has 5 heteroatoms. The van der Waals surface area contributed by atoms with E-state index in [1.54, 1.807) is 22.9 Å². The Morgan fingerprint density at radius 2 is 2.00 bits per heavy atom. The van der Waals surface area contributed by atoms with Crippen LogP contribution < -0.4 is 3.53 Å². The molecule has 0 fully saturated rings. The van der Waals surface area contributed by atoms with Crippen LogP contribution in [-0.4, -0.2) is 32.3 Å². The summed E-state index contributed by atoms with van der Waals surface area (Å²) in [7, 11) is 0. The van der Waals surface area contributed by atoms with Crippen molar-refractivity contribution in [1.29, 1.82) is 0 Å². The smallest absolute Gasteiger partial charge is 0.254 e. The first-order valence-electron chi connectivity index (χ1n) is 4.36. The van der Waals surface area contributed by atoms with Crippen molar-refractivity contribution in [2.45, 2.75) is 19.8 Å². The normalized spacial score (nSPS) is 10.0. The summed E-state index contributed by atoms with van der Waals surface area (Å²) in [5.74, 6) is -0.117. The second-order valence-corrected chi connectivity index (χ2v) is 3.08. The van der Waals surface area contributed by atoms with Crippen LogP contribution in [0.5, 0.6) is 0 Å². The van der Waals surface area contributed by atoms with Crippen molar-refractivity contribution in [2.75, 3.05) is 26.4 Å². The fourth-order valence-corrected chi connectivity index (χ4v) is 0.814. The summed E-state index contributed by atoms with van der Waals surface area (Å²) in [5, 5.41) is 0. The predicted molar refractivity (Wildman–Crippen MR) is 58.7 cm³/mol. The Morgan fingerprint density at radius 1 is 1.31 bits per heavy atom. The van der Waals surface area contributed by atoms with Crippen molar-refractivity contribution < 1.29 is 14.3 Å². The summed E-state index contributed by atoms with van der Waals surface area (Å²) < 4.78 is 12.7. The van der Waals surface area contributed by atoms with Gasteiger partial charge in [-0.2, -0.15) is 0 Å². The Kier molecular flexibility index (Phi) is 10.3. The molecule has 0 spiro atoms. The average Bonchev–Trinajstić information content (AvgIpc) is 2.16. The number of carbonyl (C=O) groups is 1. The molecule has 0 aromatic carbocycles. The second kappa shape index (κ2) is 10.2. The topological polar surface area (TPSA) is 47.6 Å². The van der Waals surface area contributed by atoms with Gasteiger partial charge in [-0.05, 0) is 6.42 Å². The minimum absolute atomic E-state index is 0.111. The maximum atomic E-state index is 10.7. The van der Waals surface area contributed by atoms with Gasteiger partial charge in [0.25, 0.3) is 5.91 Å². The summed E-state index contributed by atoms with van der Waals surface area (Å²) in [6.07, 6.45) is 2.21. The van der Waals surface area contributed by atoms with Crippen molar-refractivity contribution in [2.24, 2.45) is 0 Å². The molecular formula is C8H16INO3. The molecule has 1 N–H and O–H groups in total. The highest BCUT2D eigenvalue weighted by atomic mass is 127. The quantitative estimate of drug-likeness (QED) is 0.417. The van der Waals surface area contributed by atoms with Crippen LogP contribution in [0.4, 0.5) is 0 Å². The van der Waals surface area contributed by atoms with E-state index < -0.39 is 0 Å². The lowest BCUT2D eigenvalue weighted by atomic mass is 10.4. The van der Waals surface area contributed by atoms with Crippen LogP contribution in [0.15, 0.2) is 0 Å². The van der Waals surface area contributed by atoms with Gasteiger partial charge in [-0.1, -0.05) is 13.3 Å². The van der Waals surface area contributed by atoms with Gasteiger partial charge in [0, 0.05) is 6.61 Å². The number of ether oxygens (including phenoxy) is 2. The van der Waals surface area contributed by atoms with E-state index >= 15 is 0 Å². The van der Waals surface area contributed by atoms with E-state index in [4.69, 9.17) is 9.47 Å². The van der Waals surface area contributed by atoms with E-state index in [1.165, 1.54) is 0 Å². The van der Waals surface area contributed by atoms with Crippen LogP contribution in [0.25, 0.3) is 0 Å². The van der Waals surface area contributed by atoms with Gasteiger partial charge in [-0.3, -0.25) is 8.32 Å². The Bertz CT molecular complexity index is 133. The van der Waals surface area contributed by atoms with Crippen molar-refractivity contribution in [3.8, 4) is 0 Å². The molecule has 13 heavy (non-hydrogen) atoms. The first-order valence-corrected chi connectivity index (χ1v) is 5.44. The molecule has 0 aromatic rings. The van der Waals surface area contributed by atoms with Crippen LogP contribution in [0.3, 0.4) is 0 Å². The van der Waals surface area contributed by atoms with Gasteiger partial charge in [0.15, 0.2) is 0 Å². The molecule has 0 aliphatic heterocycles. The van der Waals surface area contributed by atoms with Crippen molar-refractivity contribution in [3.05, 3.63) is 0 Å². The summed E-state index contributed by atoms with van der Waals surface area (Å²) >= 11 is 1.78. The molecule has 0 aromatic heterocycles. The van der Waals surface area contributed by atoms with Gasteiger partial charge in [0.1, 0.15) is 6.61 Å². The van der Waals surface area contributed by atoms with Crippen molar-refractivity contribution >= 4 is 28.8 Å². The molecule has 0 aliphatic rings. The van der Waals surface area contributed by atoms with E-state index in [0.29, 0.717) is 13.2 Å². The molecule has 0 aliphatic carbocycles. The Morgan fingerprint density at radius 3 is 2.62 bits per heavy atom. The molecule has 0 bridgehead atoms. The zero-order valence-electron chi connectivity index (χ0n) is 7.85. The highest BCUT2D eigenvalue weighted by molar-refractivity contribution is 14.1. The Hall–Kier alpha value is 0.120. The van der Waals surface area contributed by atoms with Gasteiger partial charge in [0.2, 0.25) is 0 Å². The number of unbranched alkanes of at least 4 members (excludes halogenated alkanes) is 1. The van der Waals surface area contributed by atoms with Gasteiger partial charge in [-0.25, -0.2) is 0 Å². The molecule has 0 unspecified atom stereocenters. The lowest BCUT2D eigenvalue weighted by Gasteiger charge is -2.03. The third-order valence-electron chi connectivity index (χ3n) is 1.35. The lowest BCUT2D eigenvalue weighted by Crippen LogP contribution is -2.20. The SMILES string of the molecule is CCCCOCCOCC(=O)NI. The van der Waals surface area contributed by atoms with Gasteiger partial charge >= 0.3 is 0 Å². The number of hydrogen-bond donors (Lipinski definition) is 1. The van der Waals surface area contributed by atoms with E-state index in [-0.39, 0.29) is 12.5 Å². The molecule has 0 atom stereocenters. The third-order valence-corrected chi connectivity index (χ3v) is 1.95. The molecule has 0 saturated heterocycles. The first-order chi connectivity index (χ1) is 6.31. The molecule has 0 radical (unpaired) electrons. The van der Waals surface area contributed by atoms with E-state index in [1.807, 2.05) is 0 Å². The minimum Gasteiger partial charge on any atom is -0.379 e. The van der Waals surface area contributed by atoms with Crippen LogP contribution in [0.2, 0.25) is 0 Å². The fourth-order valence-electron chi connectivity index (χ4n) is 0.658. The van der Waals surface area contributed by atoms with Crippen LogP contribution in [0.1, 0.15) is 19.8 Å². The Balaban J connectivity index is 2.95. The summed E-state index contributed by atoms with van der Waals surface area (Å²) in [5.41, 5.74) is 0. The lowest BCUT2D eigenvalue weighted by molar-refractivity contribution is -0.123. The monoisotopic (exact) mass is 301 g/mol. The zero-order valence-corrected chi connectivity index (χ0v) is 10.0. The standard InChI is InChI=1S/C8H16INO3/c1-2-3-4-12-5-6-13-7-8(11)10-9/h2-7H2,1H3,(H,10,11). The van der Waals surface area contributed by atoms with Gasteiger partial charge in [0.05, 0.1) is 36.1 Å². The summed E-state index contributed by atoms with van der Waals surface area (Å²) in [4.78, 5) is 10.7. The van der Waals surface area contributed by atoms with Crippen LogP contribution in [0, 0.1) is 0 Å². The number of carbonyl (C=O) groups excluding carboxylic acids is 1. The largest absolute Gasteiger partial charge is 0.379 e. The van der Waals surface area contributed by atoms with E-state index in [2.05, 4.69) is 10.5 Å². The molecule has 4 nitrogen and oxygen atoms in total. The van der Waals surface area contributed by atoms with Gasteiger partial charge in [-0.15, -0.1) is 0 Å². The maximum absolute atomic E-state index is 10.7. The van der Waals surface area contributed by atoms with Gasteiger partial charge < -0.3 is 9.47 Å². The van der Waals surface area contributed by atoms with Crippen LogP contribution in [-0.2, 0) is 14.3 Å². The van der Waals surface area contributed by atoms with E-state index in [0.717, 1.165) is 19.4 Å². The fraction of sp³-hybridized carbons (Fsp3) is 0.875. The van der Waals surface area contributed by atoms with Crippen molar-refractivity contribution in [3.63, 3.8) is 0 Å². The number of hydrogen-bond acceptors (Lipinski definition) is 3. The highest BCUT2D eigenvalue weighted by Crippen LogP contribution is 1.87. The maximum Gasteiger partial charge on any atom is 0.254 e. The third kappa shape index (κ3) is 10.0. The molecule has 1 amide bonds. The summed E-state index contributed by atoms with van der Waals surface area (Å²) in [6.45, 7) is 4.05. The predicted octanol–water partition coefficient (Wildman–Crippen LogP) is 1.29.